The van der Waals surface area contributed by atoms with Crippen LogP contribution in [0, 0.1) is 0 Å². The molecule has 0 fully saturated rings. The first-order valence-electron chi connectivity index (χ1n) is 9.72. The smallest absolute Gasteiger partial charge is 0.161 e. The molecule has 1 unspecified atom stereocenters. The number of aliphatic hydroxyl groups excluding tert-OH is 1. The lowest BCUT2D eigenvalue weighted by Gasteiger charge is -2.15. The Kier molecular flexibility index (Phi) is 7.94. The summed E-state index contributed by atoms with van der Waals surface area (Å²) in [6.07, 6.45) is -0.539. The van der Waals surface area contributed by atoms with E-state index in [2.05, 4.69) is 5.32 Å². The molecule has 0 radical (unpaired) electrons. The van der Waals surface area contributed by atoms with E-state index in [1.807, 2.05) is 79.7 Å². The first kappa shape index (κ1) is 21.2. The highest BCUT2D eigenvalue weighted by Gasteiger charge is 2.09. The van der Waals surface area contributed by atoms with Gasteiger partial charge in [0.1, 0.15) is 6.61 Å². The van der Waals surface area contributed by atoms with Crippen molar-refractivity contribution >= 4 is 11.6 Å². The van der Waals surface area contributed by atoms with Gasteiger partial charge in [-0.1, -0.05) is 60.1 Å². The number of hydrogen-bond donors (Lipinski definition) is 2. The van der Waals surface area contributed by atoms with Crippen molar-refractivity contribution in [1.29, 1.82) is 0 Å². The molecule has 0 aliphatic heterocycles. The van der Waals surface area contributed by atoms with E-state index in [0.29, 0.717) is 42.8 Å². The summed E-state index contributed by atoms with van der Waals surface area (Å²) >= 11 is 6.03. The summed E-state index contributed by atoms with van der Waals surface area (Å²) < 4.78 is 11.7. The molecule has 0 aliphatic carbocycles. The number of nitrogens with one attached hydrogen (secondary N) is 1. The lowest BCUT2D eigenvalue weighted by Crippen LogP contribution is -2.21. The fraction of sp³-hybridized carbons (Fsp3) is 0.250. The van der Waals surface area contributed by atoms with Crippen molar-refractivity contribution in [2.75, 3.05) is 13.2 Å². The Morgan fingerprint density at radius 2 is 1.72 bits per heavy atom. The van der Waals surface area contributed by atoms with Crippen LogP contribution in [-0.2, 0) is 13.2 Å². The minimum Gasteiger partial charge on any atom is -0.490 e. The maximum Gasteiger partial charge on any atom is 0.161 e. The third kappa shape index (κ3) is 6.50. The third-order valence-corrected chi connectivity index (χ3v) is 4.68. The van der Waals surface area contributed by atoms with Gasteiger partial charge in [0.25, 0.3) is 0 Å². The molecule has 2 N–H and O–H groups in total. The van der Waals surface area contributed by atoms with Gasteiger partial charge in [-0.25, -0.2) is 0 Å². The summed E-state index contributed by atoms with van der Waals surface area (Å²) in [5, 5.41) is 14.2. The molecule has 0 bridgehead atoms. The van der Waals surface area contributed by atoms with Gasteiger partial charge in [-0.3, -0.25) is 0 Å². The van der Waals surface area contributed by atoms with E-state index in [1.165, 1.54) is 0 Å². The lowest BCUT2D eigenvalue weighted by atomic mass is 10.1. The highest BCUT2D eigenvalue weighted by atomic mass is 35.5. The van der Waals surface area contributed by atoms with Crippen LogP contribution in [0.2, 0.25) is 5.02 Å². The Hall–Kier alpha value is -2.53. The van der Waals surface area contributed by atoms with Gasteiger partial charge in [-0.2, -0.15) is 0 Å². The molecule has 0 saturated heterocycles. The molecular weight excluding hydrogens is 386 g/mol. The van der Waals surface area contributed by atoms with Gasteiger partial charge in [-0.15, -0.1) is 0 Å². The summed E-state index contributed by atoms with van der Waals surface area (Å²) in [4.78, 5) is 0. The normalized spacial score (nSPS) is 11.8. The van der Waals surface area contributed by atoms with E-state index in [0.717, 1.165) is 16.7 Å². The standard InChI is InChI=1S/C24H26ClNO3/c1-2-28-24-14-18(15-26-16-22(27)20-8-4-3-5-9-20)11-12-23(24)29-17-19-7-6-10-21(25)13-19/h3-14,22,26-27H,2,15-17H2,1H3. The van der Waals surface area contributed by atoms with Crippen LogP contribution in [0.5, 0.6) is 11.5 Å². The predicted molar refractivity (Wildman–Crippen MR) is 117 cm³/mol. The molecule has 0 spiro atoms. The van der Waals surface area contributed by atoms with Crippen molar-refractivity contribution in [3.05, 3.63) is 94.5 Å². The molecule has 0 aromatic heterocycles. The average Bonchev–Trinajstić information content (AvgIpc) is 2.74. The van der Waals surface area contributed by atoms with Gasteiger partial charge in [0.2, 0.25) is 0 Å². The van der Waals surface area contributed by atoms with Gasteiger partial charge < -0.3 is 19.9 Å². The molecule has 3 aromatic rings. The first-order valence-corrected chi connectivity index (χ1v) is 10.1. The Morgan fingerprint density at radius 1 is 0.897 bits per heavy atom. The monoisotopic (exact) mass is 411 g/mol. The van der Waals surface area contributed by atoms with E-state index in [9.17, 15) is 5.11 Å². The highest BCUT2D eigenvalue weighted by molar-refractivity contribution is 6.30. The summed E-state index contributed by atoms with van der Waals surface area (Å²) in [5.74, 6) is 1.40. The summed E-state index contributed by atoms with van der Waals surface area (Å²) in [5.41, 5.74) is 2.96. The minimum absolute atomic E-state index is 0.418. The van der Waals surface area contributed by atoms with Crippen molar-refractivity contribution in [2.24, 2.45) is 0 Å². The Morgan fingerprint density at radius 3 is 2.48 bits per heavy atom. The van der Waals surface area contributed by atoms with E-state index in [1.54, 1.807) is 0 Å². The van der Waals surface area contributed by atoms with Crippen molar-refractivity contribution < 1.29 is 14.6 Å². The largest absolute Gasteiger partial charge is 0.490 e. The molecule has 29 heavy (non-hydrogen) atoms. The van der Waals surface area contributed by atoms with E-state index in [-0.39, 0.29) is 0 Å². The van der Waals surface area contributed by atoms with Gasteiger partial charge in [0.05, 0.1) is 12.7 Å². The summed E-state index contributed by atoms with van der Waals surface area (Å²) in [7, 11) is 0. The molecule has 152 valence electrons. The molecular formula is C24H26ClNO3. The zero-order valence-electron chi connectivity index (χ0n) is 16.5. The van der Waals surface area contributed by atoms with E-state index >= 15 is 0 Å². The van der Waals surface area contributed by atoms with Crippen LogP contribution in [0.15, 0.2) is 72.8 Å². The van der Waals surface area contributed by atoms with Crippen LogP contribution in [0.25, 0.3) is 0 Å². The topological polar surface area (TPSA) is 50.7 Å². The third-order valence-electron chi connectivity index (χ3n) is 4.44. The minimum atomic E-state index is -0.539. The fourth-order valence-corrected chi connectivity index (χ4v) is 3.20. The number of benzene rings is 3. The van der Waals surface area contributed by atoms with Crippen LogP contribution in [-0.4, -0.2) is 18.3 Å². The van der Waals surface area contributed by atoms with E-state index in [4.69, 9.17) is 21.1 Å². The maximum absolute atomic E-state index is 10.3. The zero-order chi connectivity index (χ0) is 20.5. The lowest BCUT2D eigenvalue weighted by molar-refractivity contribution is 0.174. The molecule has 3 rings (SSSR count). The number of ether oxygens (including phenoxy) is 2. The molecule has 0 aliphatic rings. The SMILES string of the molecule is CCOc1cc(CNCC(O)c2ccccc2)ccc1OCc1cccc(Cl)c1. The molecule has 3 aromatic carbocycles. The van der Waals surface area contributed by atoms with Crippen LogP contribution >= 0.6 is 11.6 Å². The predicted octanol–water partition coefficient (Wildman–Crippen LogP) is 5.14. The average molecular weight is 412 g/mol. The van der Waals surface area contributed by atoms with Crippen LogP contribution < -0.4 is 14.8 Å². The van der Waals surface area contributed by atoms with E-state index < -0.39 is 6.10 Å². The fourth-order valence-electron chi connectivity index (χ4n) is 2.98. The van der Waals surface area contributed by atoms with Gasteiger partial charge in [-0.05, 0) is 47.9 Å². The second-order valence-electron chi connectivity index (χ2n) is 6.69. The number of rotatable bonds is 10. The molecule has 0 heterocycles. The molecule has 4 nitrogen and oxygen atoms in total. The van der Waals surface area contributed by atoms with Gasteiger partial charge in [0, 0.05) is 18.1 Å². The first-order chi connectivity index (χ1) is 14.2. The van der Waals surface area contributed by atoms with Crippen LogP contribution in [0.3, 0.4) is 0 Å². The zero-order valence-corrected chi connectivity index (χ0v) is 17.2. The second-order valence-corrected chi connectivity index (χ2v) is 7.13. The van der Waals surface area contributed by atoms with Crippen molar-refractivity contribution in [3.8, 4) is 11.5 Å². The highest BCUT2D eigenvalue weighted by Crippen LogP contribution is 2.29. The molecule has 0 amide bonds. The number of aliphatic hydroxyl groups is 1. The Balaban J connectivity index is 1.58. The van der Waals surface area contributed by atoms with Crippen molar-refractivity contribution in [1.82, 2.24) is 5.32 Å². The Labute approximate surface area is 177 Å². The van der Waals surface area contributed by atoms with Crippen molar-refractivity contribution in [3.63, 3.8) is 0 Å². The van der Waals surface area contributed by atoms with Crippen LogP contribution in [0.4, 0.5) is 0 Å². The van der Waals surface area contributed by atoms with Gasteiger partial charge in [0.15, 0.2) is 11.5 Å². The summed E-state index contributed by atoms with van der Waals surface area (Å²) in [6, 6.07) is 23.1. The van der Waals surface area contributed by atoms with Gasteiger partial charge >= 0.3 is 0 Å². The molecule has 5 heteroatoms. The molecule has 0 saturated carbocycles. The summed E-state index contributed by atoms with van der Waals surface area (Å²) in [6.45, 7) is 4.01. The van der Waals surface area contributed by atoms with Crippen LogP contribution in [0.1, 0.15) is 29.7 Å². The Bertz CT molecular complexity index is 902. The number of halogens is 1. The van der Waals surface area contributed by atoms with Crippen molar-refractivity contribution in [2.45, 2.75) is 26.2 Å². The quantitative estimate of drug-likeness (QED) is 0.485. The second kappa shape index (κ2) is 10.9. The maximum atomic E-state index is 10.3. The molecule has 1 atom stereocenters. The number of hydrogen-bond acceptors (Lipinski definition) is 4.